The Bertz CT molecular complexity index is 697. The van der Waals surface area contributed by atoms with Gasteiger partial charge in [0.05, 0.1) is 18.0 Å². The molecule has 2 N–H and O–H groups in total. The zero-order chi connectivity index (χ0) is 21.8. The first-order valence-electron chi connectivity index (χ1n) is 10.6. The Morgan fingerprint density at radius 3 is 2.40 bits per heavy atom. The highest BCUT2D eigenvalue weighted by Crippen LogP contribution is 2.12. The van der Waals surface area contributed by atoms with Crippen molar-refractivity contribution in [3.63, 3.8) is 0 Å². The van der Waals surface area contributed by atoms with Gasteiger partial charge in [0, 0.05) is 32.8 Å². The molecule has 166 valence electrons. The highest BCUT2D eigenvalue weighted by Gasteiger charge is 2.09. The van der Waals surface area contributed by atoms with Gasteiger partial charge in [-0.05, 0) is 44.5 Å². The van der Waals surface area contributed by atoms with Crippen LogP contribution in [0.3, 0.4) is 0 Å². The summed E-state index contributed by atoms with van der Waals surface area (Å²) in [4.78, 5) is 30.9. The van der Waals surface area contributed by atoms with Gasteiger partial charge in [0.1, 0.15) is 0 Å². The van der Waals surface area contributed by atoms with E-state index in [1.54, 1.807) is 26.2 Å². The highest BCUT2D eigenvalue weighted by atomic mass is 16.6. The second kappa shape index (κ2) is 12.8. The normalized spacial score (nSPS) is 15.3. The average Bonchev–Trinajstić information content (AvgIpc) is 3.01. The monoisotopic (exact) mass is 418 g/mol. The van der Waals surface area contributed by atoms with Gasteiger partial charge in [-0.15, -0.1) is 0 Å². The zero-order valence-corrected chi connectivity index (χ0v) is 18.1. The zero-order valence-electron chi connectivity index (χ0n) is 18.1. The predicted octanol–water partition coefficient (Wildman–Crippen LogP) is 1.98. The third-order valence-corrected chi connectivity index (χ3v) is 5.12. The summed E-state index contributed by atoms with van der Waals surface area (Å²) in [5.41, 5.74) is 0.925. The number of nitro benzene ring substituents is 1. The van der Waals surface area contributed by atoms with Crippen LogP contribution in [0, 0.1) is 10.1 Å². The van der Waals surface area contributed by atoms with Crippen LogP contribution in [0.15, 0.2) is 29.3 Å². The largest absolute Gasteiger partial charge is 0.356 e. The molecule has 0 saturated carbocycles. The second-order valence-corrected chi connectivity index (χ2v) is 7.77. The molecule has 9 nitrogen and oxygen atoms in total. The number of aliphatic imine (C=N–C) groups is 1. The maximum Gasteiger partial charge on any atom is 0.269 e. The highest BCUT2D eigenvalue weighted by molar-refractivity contribution is 5.86. The van der Waals surface area contributed by atoms with Crippen molar-refractivity contribution in [1.82, 2.24) is 20.4 Å². The number of likely N-dealkylation sites (N-methyl/N-ethyl adjacent to an activating group) is 1. The summed E-state index contributed by atoms with van der Waals surface area (Å²) in [6.07, 6.45) is 6.23. The Morgan fingerprint density at radius 1 is 1.13 bits per heavy atom. The van der Waals surface area contributed by atoms with Gasteiger partial charge in [-0.1, -0.05) is 25.0 Å². The summed E-state index contributed by atoms with van der Waals surface area (Å²) < 4.78 is 0. The number of likely N-dealkylation sites (tertiary alicyclic amines) is 1. The van der Waals surface area contributed by atoms with Gasteiger partial charge in [-0.25, -0.2) is 4.99 Å². The van der Waals surface area contributed by atoms with Gasteiger partial charge < -0.3 is 20.4 Å². The molecule has 1 aliphatic rings. The minimum absolute atomic E-state index is 0.0376. The summed E-state index contributed by atoms with van der Waals surface area (Å²) in [5.74, 6) is 0.531. The van der Waals surface area contributed by atoms with Gasteiger partial charge >= 0.3 is 0 Å². The molecule has 0 spiro atoms. The Kier molecular flexibility index (Phi) is 10.1. The number of nitrogens with one attached hydrogen (secondary N) is 2. The van der Waals surface area contributed by atoms with Crippen LogP contribution in [-0.4, -0.2) is 73.4 Å². The van der Waals surface area contributed by atoms with E-state index in [1.165, 1.54) is 55.8 Å². The molecule has 30 heavy (non-hydrogen) atoms. The van der Waals surface area contributed by atoms with Gasteiger partial charge in [0.25, 0.3) is 5.69 Å². The van der Waals surface area contributed by atoms with Gasteiger partial charge in [0.2, 0.25) is 5.91 Å². The number of rotatable bonds is 9. The molecule has 0 aromatic heterocycles. The number of benzene rings is 1. The molecule has 0 aliphatic carbocycles. The van der Waals surface area contributed by atoms with Crippen molar-refractivity contribution in [3.05, 3.63) is 39.9 Å². The van der Waals surface area contributed by atoms with E-state index in [2.05, 4.69) is 20.5 Å². The Hall–Kier alpha value is -2.68. The molecule has 1 aromatic carbocycles. The maximum absolute atomic E-state index is 11.9. The lowest BCUT2D eigenvalue weighted by Gasteiger charge is -2.20. The van der Waals surface area contributed by atoms with Crippen molar-refractivity contribution < 1.29 is 9.72 Å². The van der Waals surface area contributed by atoms with Gasteiger partial charge in [0.15, 0.2) is 5.96 Å². The minimum Gasteiger partial charge on any atom is -0.356 e. The molecule has 0 atom stereocenters. The summed E-state index contributed by atoms with van der Waals surface area (Å²) in [6.45, 7) is 4.70. The molecular weight excluding hydrogens is 384 g/mol. The number of amides is 1. The molecule has 1 fully saturated rings. The minimum atomic E-state index is -0.418. The van der Waals surface area contributed by atoms with Crippen LogP contribution in [0.2, 0.25) is 0 Å². The van der Waals surface area contributed by atoms with Crippen molar-refractivity contribution in [2.24, 2.45) is 4.99 Å². The molecule has 1 saturated heterocycles. The molecule has 1 heterocycles. The Balaban J connectivity index is 1.87. The summed E-state index contributed by atoms with van der Waals surface area (Å²) in [6, 6.07) is 6.34. The van der Waals surface area contributed by atoms with E-state index in [9.17, 15) is 14.9 Å². The van der Waals surface area contributed by atoms with Crippen LogP contribution in [-0.2, 0) is 11.3 Å². The molecule has 0 bridgehead atoms. The lowest BCUT2D eigenvalue weighted by atomic mass is 10.2. The predicted molar refractivity (Wildman–Crippen MR) is 118 cm³/mol. The van der Waals surface area contributed by atoms with Crippen molar-refractivity contribution in [2.45, 2.75) is 38.6 Å². The number of carbonyl (C=O) groups excluding carboxylic acids is 1. The molecule has 1 aliphatic heterocycles. The molecule has 1 aromatic rings. The van der Waals surface area contributed by atoms with Crippen LogP contribution in [0.1, 0.15) is 37.7 Å². The van der Waals surface area contributed by atoms with E-state index in [0.717, 1.165) is 25.1 Å². The molecular formula is C21H34N6O3. The number of nitrogens with zero attached hydrogens (tertiary/aromatic N) is 4. The summed E-state index contributed by atoms with van der Waals surface area (Å²) in [5, 5.41) is 17.2. The Labute approximate surface area is 178 Å². The summed E-state index contributed by atoms with van der Waals surface area (Å²) >= 11 is 0. The molecule has 1 amide bonds. The fourth-order valence-electron chi connectivity index (χ4n) is 3.25. The second-order valence-electron chi connectivity index (χ2n) is 7.77. The van der Waals surface area contributed by atoms with Gasteiger partial charge in [-0.3, -0.25) is 14.9 Å². The number of carbonyl (C=O) groups is 1. The van der Waals surface area contributed by atoms with Crippen LogP contribution in [0.4, 0.5) is 5.69 Å². The SMILES string of the molecule is CN(C)C(=O)CNC(=NCc1ccc([N+](=O)[O-])cc1)NCCCN1CCCCCC1. The van der Waals surface area contributed by atoms with E-state index in [1.807, 2.05) is 0 Å². The van der Waals surface area contributed by atoms with Crippen molar-refractivity contribution >= 4 is 17.6 Å². The van der Waals surface area contributed by atoms with Crippen LogP contribution in [0.5, 0.6) is 0 Å². The molecule has 0 radical (unpaired) electrons. The number of hydrogen-bond donors (Lipinski definition) is 2. The standard InChI is InChI=1S/C21H34N6O3/c1-25(2)20(28)17-24-21(22-12-7-15-26-13-5-3-4-6-14-26)23-16-18-8-10-19(11-9-18)27(29)30/h8-11H,3-7,12-17H2,1-2H3,(H2,22,23,24). The molecule has 9 heteroatoms. The lowest BCUT2D eigenvalue weighted by Crippen LogP contribution is -2.43. The third kappa shape index (κ3) is 8.77. The van der Waals surface area contributed by atoms with Gasteiger partial charge in [-0.2, -0.15) is 0 Å². The number of hydrogen-bond acceptors (Lipinski definition) is 5. The summed E-state index contributed by atoms with van der Waals surface area (Å²) in [7, 11) is 3.43. The average molecular weight is 419 g/mol. The van der Waals surface area contributed by atoms with Crippen LogP contribution < -0.4 is 10.6 Å². The maximum atomic E-state index is 11.9. The van der Waals surface area contributed by atoms with Crippen molar-refractivity contribution in [3.8, 4) is 0 Å². The van der Waals surface area contributed by atoms with Crippen molar-refractivity contribution in [1.29, 1.82) is 0 Å². The molecule has 2 rings (SSSR count). The fraction of sp³-hybridized carbons (Fsp3) is 0.619. The smallest absolute Gasteiger partial charge is 0.269 e. The first kappa shape index (κ1) is 23.6. The number of nitro groups is 1. The van der Waals surface area contributed by atoms with Crippen molar-refractivity contribution in [2.75, 3.05) is 46.8 Å². The first-order chi connectivity index (χ1) is 14.5. The van der Waals surface area contributed by atoms with E-state index >= 15 is 0 Å². The topological polar surface area (TPSA) is 103 Å². The third-order valence-electron chi connectivity index (χ3n) is 5.12. The fourth-order valence-corrected chi connectivity index (χ4v) is 3.25. The number of non-ortho nitro benzene ring substituents is 1. The van der Waals surface area contributed by atoms with E-state index in [0.29, 0.717) is 12.5 Å². The van der Waals surface area contributed by atoms with Crippen LogP contribution in [0.25, 0.3) is 0 Å². The van der Waals surface area contributed by atoms with Crippen LogP contribution >= 0.6 is 0 Å². The molecule has 0 unspecified atom stereocenters. The quantitative estimate of drug-likeness (QED) is 0.209. The number of guanidine groups is 1. The van der Waals surface area contributed by atoms with E-state index in [-0.39, 0.29) is 18.1 Å². The van der Waals surface area contributed by atoms with E-state index < -0.39 is 4.92 Å². The Morgan fingerprint density at radius 2 is 1.80 bits per heavy atom. The first-order valence-corrected chi connectivity index (χ1v) is 10.6. The van der Waals surface area contributed by atoms with E-state index in [4.69, 9.17) is 0 Å². The lowest BCUT2D eigenvalue weighted by molar-refractivity contribution is -0.384.